The maximum Gasteiger partial charge on any atom is 0.310 e. The van der Waals surface area contributed by atoms with Gasteiger partial charge in [-0.2, -0.15) is 0 Å². The van der Waals surface area contributed by atoms with Crippen LogP contribution in [-0.4, -0.2) is 29.7 Å². The van der Waals surface area contributed by atoms with Crippen molar-refractivity contribution in [1.29, 1.82) is 0 Å². The van der Waals surface area contributed by atoms with E-state index >= 15 is 0 Å². The Morgan fingerprint density at radius 1 is 1.35 bits per heavy atom. The van der Waals surface area contributed by atoms with Gasteiger partial charge in [0.1, 0.15) is 11.3 Å². The Kier molecular flexibility index (Phi) is 6.96. The third-order valence-corrected chi connectivity index (χ3v) is 3.20. The molecule has 0 aliphatic rings. The summed E-state index contributed by atoms with van der Waals surface area (Å²) < 4.78 is 5.31. The number of rotatable bonds is 8. The van der Waals surface area contributed by atoms with Crippen molar-refractivity contribution < 1.29 is 14.6 Å². The Balaban J connectivity index is 2.58. The third-order valence-electron chi connectivity index (χ3n) is 3.20. The number of benzene rings is 1. The standard InChI is InChI=1S/C16H25N3O4/c1-16(2,3)23-15(20)13(12-17)8-7-11-18(19(21)22)14-9-5-4-6-10-14/h4-6,9-10,13H,7-8,11-12,17H2,1-3H3. The monoisotopic (exact) mass is 323 g/mol. The number of para-hydroxylation sites is 1. The van der Waals surface area contributed by atoms with E-state index < -0.39 is 16.6 Å². The summed E-state index contributed by atoms with van der Waals surface area (Å²) in [5.41, 5.74) is 5.58. The molecule has 2 N–H and O–H groups in total. The molecule has 0 heterocycles. The Hall–Kier alpha value is -2.15. The molecular weight excluding hydrogens is 298 g/mol. The molecule has 0 aromatic heterocycles. The van der Waals surface area contributed by atoms with Gasteiger partial charge in [0, 0.05) is 6.54 Å². The predicted octanol–water partition coefficient (Wildman–Crippen LogP) is 2.38. The fourth-order valence-corrected chi connectivity index (χ4v) is 2.11. The highest BCUT2D eigenvalue weighted by molar-refractivity contribution is 5.73. The minimum Gasteiger partial charge on any atom is -0.460 e. The van der Waals surface area contributed by atoms with Gasteiger partial charge in [0.25, 0.3) is 0 Å². The van der Waals surface area contributed by atoms with Crippen LogP contribution >= 0.6 is 0 Å². The molecule has 0 saturated heterocycles. The van der Waals surface area contributed by atoms with Crippen LogP contribution in [0.5, 0.6) is 0 Å². The van der Waals surface area contributed by atoms with Gasteiger partial charge >= 0.3 is 5.97 Å². The van der Waals surface area contributed by atoms with Crippen LogP contribution in [0.2, 0.25) is 0 Å². The Bertz CT molecular complexity index is 514. The number of nitro groups is 1. The second kappa shape index (κ2) is 8.47. The molecular formula is C16H25N3O4. The molecule has 1 unspecified atom stereocenters. The predicted molar refractivity (Wildman–Crippen MR) is 88.4 cm³/mol. The van der Waals surface area contributed by atoms with E-state index in [0.717, 1.165) is 5.01 Å². The Morgan fingerprint density at radius 3 is 2.43 bits per heavy atom. The van der Waals surface area contributed by atoms with E-state index in [-0.39, 0.29) is 19.1 Å². The highest BCUT2D eigenvalue weighted by atomic mass is 16.7. The zero-order valence-electron chi connectivity index (χ0n) is 13.9. The molecule has 0 radical (unpaired) electrons. The molecule has 23 heavy (non-hydrogen) atoms. The number of carbonyl (C=O) groups is 1. The van der Waals surface area contributed by atoms with Crippen molar-refractivity contribution >= 4 is 11.7 Å². The van der Waals surface area contributed by atoms with E-state index in [0.29, 0.717) is 18.5 Å². The summed E-state index contributed by atoms with van der Waals surface area (Å²) >= 11 is 0. The largest absolute Gasteiger partial charge is 0.460 e. The van der Waals surface area contributed by atoms with Crippen LogP contribution in [0.15, 0.2) is 30.3 Å². The molecule has 1 aromatic carbocycles. The summed E-state index contributed by atoms with van der Waals surface area (Å²) in [6.45, 7) is 5.75. The normalized spacial score (nSPS) is 12.5. The molecule has 1 atom stereocenters. The van der Waals surface area contributed by atoms with Crippen molar-refractivity contribution in [3.05, 3.63) is 40.4 Å². The molecule has 1 rings (SSSR count). The van der Waals surface area contributed by atoms with Crippen LogP contribution in [0.25, 0.3) is 0 Å². The summed E-state index contributed by atoms with van der Waals surface area (Å²) in [4.78, 5) is 23.2. The van der Waals surface area contributed by atoms with Gasteiger partial charge in [-0.1, -0.05) is 23.2 Å². The van der Waals surface area contributed by atoms with Gasteiger partial charge < -0.3 is 10.5 Å². The molecule has 0 fully saturated rings. The average Bonchev–Trinajstić information content (AvgIpc) is 2.46. The average molecular weight is 323 g/mol. The fraction of sp³-hybridized carbons (Fsp3) is 0.562. The van der Waals surface area contributed by atoms with Crippen LogP contribution in [-0.2, 0) is 9.53 Å². The second-order valence-corrected chi connectivity index (χ2v) is 6.30. The van der Waals surface area contributed by atoms with Gasteiger partial charge in [0.2, 0.25) is 0 Å². The van der Waals surface area contributed by atoms with Gasteiger partial charge in [-0.05, 0) is 45.7 Å². The molecule has 0 spiro atoms. The molecule has 0 bridgehead atoms. The van der Waals surface area contributed by atoms with E-state index in [9.17, 15) is 14.9 Å². The minimum atomic E-state index is -0.568. The van der Waals surface area contributed by atoms with Gasteiger partial charge in [0.05, 0.1) is 12.5 Å². The topological polar surface area (TPSA) is 98.7 Å². The lowest BCUT2D eigenvalue weighted by Gasteiger charge is -2.23. The van der Waals surface area contributed by atoms with Crippen molar-refractivity contribution in [3.63, 3.8) is 0 Å². The van der Waals surface area contributed by atoms with Gasteiger partial charge in [-0.25, -0.2) is 10.1 Å². The van der Waals surface area contributed by atoms with Crippen LogP contribution in [0.4, 0.5) is 5.69 Å². The lowest BCUT2D eigenvalue weighted by atomic mass is 10.0. The first-order chi connectivity index (χ1) is 10.7. The molecule has 0 amide bonds. The number of anilines is 1. The molecule has 0 aliphatic carbocycles. The first-order valence-electron chi connectivity index (χ1n) is 7.64. The highest BCUT2D eigenvalue weighted by Gasteiger charge is 2.25. The maximum atomic E-state index is 12.0. The first kappa shape index (κ1) is 18.9. The Morgan fingerprint density at radius 2 is 1.96 bits per heavy atom. The number of esters is 1. The molecule has 128 valence electrons. The number of nitrogens with zero attached hydrogens (tertiary/aromatic N) is 2. The molecule has 1 aromatic rings. The fourth-order valence-electron chi connectivity index (χ4n) is 2.11. The van der Waals surface area contributed by atoms with Crippen molar-refractivity contribution in [2.75, 3.05) is 18.1 Å². The third kappa shape index (κ3) is 6.65. The number of hydrogen-bond acceptors (Lipinski definition) is 5. The molecule has 0 aliphatic heterocycles. The summed E-state index contributed by atoms with van der Waals surface area (Å²) in [5, 5.41) is 11.8. The maximum absolute atomic E-state index is 12.0. The first-order valence-corrected chi connectivity index (χ1v) is 7.64. The minimum absolute atomic E-state index is 0.165. The number of hydrazine groups is 1. The van der Waals surface area contributed by atoms with Gasteiger partial charge in [-0.15, -0.1) is 0 Å². The van der Waals surface area contributed by atoms with Crippen molar-refractivity contribution in [3.8, 4) is 0 Å². The van der Waals surface area contributed by atoms with E-state index in [2.05, 4.69) is 0 Å². The zero-order valence-corrected chi connectivity index (χ0v) is 13.9. The summed E-state index contributed by atoms with van der Waals surface area (Å²) in [7, 11) is 0. The van der Waals surface area contributed by atoms with Crippen molar-refractivity contribution in [2.24, 2.45) is 11.7 Å². The molecule has 7 nitrogen and oxygen atoms in total. The van der Waals surface area contributed by atoms with E-state index in [1.54, 1.807) is 51.1 Å². The van der Waals surface area contributed by atoms with Gasteiger partial charge in [0.15, 0.2) is 5.03 Å². The lowest BCUT2D eigenvalue weighted by Crippen LogP contribution is -2.34. The number of ether oxygens (including phenoxy) is 1. The zero-order chi connectivity index (χ0) is 17.5. The Labute approximate surface area is 136 Å². The van der Waals surface area contributed by atoms with E-state index in [1.165, 1.54) is 0 Å². The number of hydrogen-bond donors (Lipinski definition) is 1. The van der Waals surface area contributed by atoms with Crippen molar-refractivity contribution in [2.45, 2.75) is 39.2 Å². The summed E-state index contributed by atoms with van der Waals surface area (Å²) in [5.74, 6) is -0.800. The van der Waals surface area contributed by atoms with Crippen LogP contribution in [0.1, 0.15) is 33.6 Å². The van der Waals surface area contributed by atoms with Crippen LogP contribution < -0.4 is 10.7 Å². The van der Waals surface area contributed by atoms with Gasteiger partial charge in [-0.3, -0.25) is 4.79 Å². The van der Waals surface area contributed by atoms with Crippen LogP contribution in [0, 0.1) is 16.0 Å². The van der Waals surface area contributed by atoms with E-state index in [1.807, 2.05) is 0 Å². The lowest BCUT2D eigenvalue weighted by molar-refractivity contribution is -0.494. The quantitative estimate of drug-likeness (QED) is 0.448. The van der Waals surface area contributed by atoms with Crippen LogP contribution in [0.3, 0.4) is 0 Å². The van der Waals surface area contributed by atoms with E-state index in [4.69, 9.17) is 10.5 Å². The number of nitrogens with two attached hydrogens (primary N) is 1. The second-order valence-electron chi connectivity index (χ2n) is 6.30. The smallest absolute Gasteiger partial charge is 0.310 e. The summed E-state index contributed by atoms with van der Waals surface area (Å²) in [6.07, 6.45) is 0.916. The molecule has 0 saturated carbocycles. The number of carbonyl (C=O) groups excluding carboxylic acids is 1. The SMILES string of the molecule is CC(C)(C)OC(=O)C(CN)CCCN(c1ccccc1)[N+](=O)[O-]. The van der Waals surface area contributed by atoms with Crippen molar-refractivity contribution in [1.82, 2.24) is 0 Å². The summed E-state index contributed by atoms with van der Waals surface area (Å²) in [6, 6.07) is 8.65. The highest BCUT2D eigenvalue weighted by Crippen LogP contribution is 2.17. The molecule has 7 heteroatoms.